The average molecular weight is 466 g/mol. The van der Waals surface area contributed by atoms with Gasteiger partial charge >= 0.3 is 6.01 Å². The second-order valence-corrected chi connectivity index (χ2v) is 10.2. The molecule has 32 heavy (non-hydrogen) atoms. The van der Waals surface area contributed by atoms with Crippen molar-refractivity contribution >= 4 is 28.3 Å². The van der Waals surface area contributed by atoms with Crippen molar-refractivity contribution in [3.63, 3.8) is 0 Å². The van der Waals surface area contributed by atoms with E-state index < -0.39 is 12.0 Å². The molecular weight excluding hydrogens is 440 g/mol. The average Bonchev–Trinajstić information content (AvgIpc) is 3.34. The molecule has 7 nitrogen and oxygen atoms in total. The summed E-state index contributed by atoms with van der Waals surface area (Å²) >= 11 is 5.94. The molecule has 1 N–H and O–H groups in total. The number of piperidine rings is 1. The first-order valence-corrected chi connectivity index (χ1v) is 11.8. The Kier molecular flexibility index (Phi) is 4.93. The summed E-state index contributed by atoms with van der Waals surface area (Å²) in [6.45, 7) is 2.83. The lowest BCUT2D eigenvalue weighted by molar-refractivity contribution is 0.0790. The summed E-state index contributed by atoms with van der Waals surface area (Å²) in [5, 5.41) is 10.6. The van der Waals surface area contributed by atoms with E-state index in [1.807, 2.05) is 0 Å². The van der Waals surface area contributed by atoms with E-state index >= 15 is 0 Å². The van der Waals surface area contributed by atoms with Crippen LogP contribution in [0, 0.1) is 17.7 Å². The number of nitrogens with zero attached hydrogens (tertiary/aromatic N) is 5. The Bertz CT molecular complexity index is 1050. The maximum absolute atomic E-state index is 14.9. The van der Waals surface area contributed by atoms with Gasteiger partial charge < -0.3 is 14.7 Å². The molecule has 2 aromatic rings. The fraction of sp³-hybridized carbons (Fsp3) is 0.682. The minimum absolute atomic E-state index is 0.0654. The number of halogens is 3. The number of aliphatic hydroxyl groups excluding tert-OH is 1. The predicted molar refractivity (Wildman–Crippen MR) is 115 cm³/mol. The Morgan fingerprint density at radius 1 is 1.22 bits per heavy atom. The van der Waals surface area contributed by atoms with Gasteiger partial charge in [-0.3, -0.25) is 4.90 Å². The van der Waals surface area contributed by atoms with E-state index in [0.717, 1.165) is 32.2 Å². The summed E-state index contributed by atoms with van der Waals surface area (Å²) in [5.41, 5.74) is -0.278. The first kappa shape index (κ1) is 20.7. The lowest BCUT2D eigenvalue weighted by Crippen LogP contribution is -2.45. The van der Waals surface area contributed by atoms with Crippen LogP contribution in [0.5, 0.6) is 6.01 Å². The van der Waals surface area contributed by atoms with Crippen LogP contribution in [0.4, 0.5) is 14.6 Å². The number of pyridine rings is 1. The molecule has 4 aliphatic rings. The van der Waals surface area contributed by atoms with Crippen LogP contribution in [0.2, 0.25) is 5.15 Å². The first-order chi connectivity index (χ1) is 15.4. The molecule has 1 saturated carbocycles. The molecule has 2 bridgehead atoms. The number of aliphatic hydroxyl groups is 1. The minimum atomic E-state index is -0.857. The van der Waals surface area contributed by atoms with Gasteiger partial charge in [0.2, 0.25) is 0 Å². The molecule has 5 atom stereocenters. The Hall–Kier alpha value is -1.84. The zero-order valence-corrected chi connectivity index (χ0v) is 18.4. The van der Waals surface area contributed by atoms with E-state index in [4.69, 9.17) is 16.3 Å². The number of fused-ring (bicyclic) bond motifs is 4. The van der Waals surface area contributed by atoms with Crippen LogP contribution in [0.15, 0.2) is 6.20 Å². The van der Waals surface area contributed by atoms with Crippen LogP contribution in [-0.4, -0.2) is 75.6 Å². The van der Waals surface area contributed by atoms with Gasteiger partial charge in [0.1, 0.15) is 24.1 Å². The molecule has 3 aliphatic heterocycles. The number of ether oxygens (including phenoxy) is 1. The van der Waals surface area contributed by atoms with Crippen LogP contribution >= 0.6 is 11.6 Å². The Labute approximate surface area is 189 Å². The lowest BCUT2D eigenvalue weighted by atomic mass is 9.95. The molecule has 5 heterocycles. The molecule has 0 radical (unpaired) electrons. The van der Waals surface area contributed by atoms with Crippen molar-refractivity contribution in [2.75, 3.05) is 37.7 Å². The maximum atomic E-state index is 14.9. The molecule has 0 aromatic carbocycles. The van der Waals surface area contributed by atoms with Gasteiger partial charge in [0.25, 0.3) is 0 Å². The number of hydrogen-bond donors (Lipinski definition) is 1. The summed E-state index contributed by atoms with van der Waals surface area (Å²) in [7, 11) is 0. The molecule has 0 amide bonds. The van der Waals surface area contributed by atoms with Gasteiger partial charge in [-0.25, -0.2) is 13.8 Å². The molecule has 10 heteroatoms. The van der Waals surface area contributed by atoms with Crippen molar-refractivity contribution in [3.8, 4) is 6.01 Å². The van der Waals surface area contributed by atoms with Crippen LogP contribution in [-0.2, 0) is 0 Å². The van der Waals surface area contributed by atoms with Crippen molar-refractivity contribution in [2.45, 2.75) is 49.9 Å². The van der Waals surface area contributed by atoms with E-state index in [1.165, 1.54) is 6.20 Å². The van der Waals surface area contributed by atoms with Crippen molar-refractivity contribution in [1.82, 2.24) is 19.9 Å². The second-order valence-electron chi connectivity index (χ2n) is 9.81. The number of aromatic nitrogens is 3. The third-order valence-corrected chi connectivity index (χ3v) is 8.18. The zero-order valence-electron chi connectivity index (χ0n) is 17.7. The highest BCUT2D eigenvalue weighted by Crippen LogP contribution is 2.42. The monoisotopic (exact) mass is 465 g/mol. The zero-order chi connectivity index (χ0) is 22.0. The summed E-state index contributed by atoms with van der Waals surface area (Å²) in [5.74, 6) is 0.175. The van der Waals surface area contributed by atoms with E-state index in [2.05, 4.69) is 24.8 Å². The van der Waals surface area contributed by atoms with Crippen molar-refractivity contribution in [1.29, 1.82) is 0 Å². The van der Waals surface area contributed by atoms with Gasteiger partial charge in [-0.1, -0.05) is 11.6 Å². The second kappa shape index (κ2) is 7.60. The van der Waals surface area contributed by atoms with Crippen LogP contribution in [0.3, 0.4) is 0 Å². The van der Waals surface area contributed by atoms with Gasteiger partial charge in [0.15, 0.2) is 11.0 Å². The van der Waals surface area contributed by atoms with Gasteiger partial charge in [0, 0.05) is 44.1 Å². The highest BCUT2D eigenvalue weighted by molar-refractivity contribution is 6.30. The molecular formula is C22H26ClF2N5O2. The fourth-order valence-electron chi connectivity index (χ4n) is 6.32. The third-order valence-electron chi connectivity index (χ3n) is 7.92. The Balaban J connectivity index is 1.35. The van der Waals surface area contributed by atoms with Gasteiger partial charge in [-0.15, -0.1) is 0 Å². The number of hydrogen-bond acceptors (Lipinski definition) is 7. The predicted octanol–water partition coefficient (Wildman–Crippen LogP) is 2.98. The highest BCUT2D eigenvalue weighted by Gasteiger charge is 2.49. The Morgan fingerprint density at radius 2 is 2.00 bits per heavy atom. The first-order valence-electron chi connectivity index (χ1n) is 11.4. The van der Waals surface area contributed by atoms with Crippen LogP contribution in [0.1, 0.15) is 32.1 Å². The largest absolute Gasteiger partial charge is 0.461 e. The molecule has 6 rings (SSSR count). The van der Waals surface area contributed by atoms with Crippen LogP contribution in [0.25, 0.3) is 10.9 Å². The minimum Gasteiger partial charge on any atom is -0.461 e. The van der Waals surface area contributed by atoms with Gasteiger partial charge in [-0.05, 0) is 32.2 Å². The quantitative estimate of drug-likeness (QED) is 0.696. The van der Waals surface area contributed by atoms with Crippen molar-refractivity contribution in [2.24, 2.45) is 11.8 Å². The van der Waals surface area contributed by atoms with Gasteiger partial charge in [-0.2, -0.15) is 9.97 Å². The smallest absolute Gasteiger partial charge is 0.319 e. The summed E-state index contributed by atoms with van der Waals surface area (Å²) < 4.78 is 35.0. The number of alkyl halides is 1. The van der Waals surface area contributed by atoms with Crippen molar-refractivity contribution in [3.05, 3.63) is 17.2 Å². The molecule has 1 aliphatic carbocycles. The third kappa shape index (κ3) is 3.23. The van der Waals surface area contributed by atoms with Crippen LogP contribution < -0.4 is 9.64 Å². The van der Waals surface area contributed by atoms with E-state index in [-0.39, 0.29) is 46.8 Å². The van der Waals surface area contributed by atoms with E-state index in [1.54, 1.807) is 0 Å². The molecule has 0 spiro atoms. The maximum Gasteiger partial charge on any atom is 0.319 e. The molecule has 172 valence electrons. The summed E-state index contributed by atoms with van der Waals surface area (Å²) in [6.07, 6.45) is 4.58. The van der Waals surface area contributed by atoms with E-state index in [9.17, 15) is 13.9 Å². The standard InChI is InChI=1S/C22H26ClF2N5O2/c23-19-16(25)17-15(7-26-19)20(29-8-12-2-3-13(9-29)18(12)31)28-21(27-17)32-11-22-4-1-5-30(22)10-14(24)6-22/h7,12-14,18,31H,1-6,8-11H2/t12-,13+,14-,18+,22+/m1/s1. The van der Waals surface area contributed by atoms with Crippen molar-refractivity contribution < 1.29 is 18.6 Å². The summed E-state index contributed by atoms with van der Waals surface area (Å²) in [6, 6.07) is 0.0654. The van der Waals surface area contributed by atoms with E-state index in [0.29, 0.717) is 37.3 Å². The fourth-order valence-corrected chi connectivity index (χ4v) is 6.46. The molecule has 4 fully saturated rings. The molecule has 2 aromatic heterocycles. The number of anilines is 1. The Morgan fingerprint density at radius 3 is 2.78 bits per heavy atom. The topological polar surface area (TPSA) is 74.6 Å². The normalized spacial score (nSPS) is 34.4. The molecule has 3 saturated heterocycles. The van der Waals surface area contributed by atoms with Gasteiger partial charge in [0.05, 0.1) is 17.0 Å². The lowest BCUT2D eigenvalue weighted by Gasteiger charge is -2.36. The SMILES string of the molecule is O[C@H]1[C@@H]2CC[C@H]1CN(c1nc(OC[C@@]34CCCN3C[C@H](F)C4)nc3c(F)c(Cl)ncc13)C2. The molecule has 0 unspecified atom stereocenters. The highest BCUT2D eigenvalue weighted by atomic mass is 35.5. The summed E-state index contributed by atoms with van der Waals surface area (Å²) in [4.78, 5) is 17.2. The number of rotatable bonds is 4.